The second-order valence-corrected chi connectivity index (χ2v) is 4.92. The van der Waals surface area contributed by atoms with Crippen LogP contribution in [0, 0.1) is 11.3 Å². The van der Waals surface area contributed by atoms with Crippen molar-refractivity contribution in [2.75, 3.05) is 6.61 Å². The Labute approximate surface area is 107 Å². The molecule has 2 N–H and O–H groups in total. The minimum atomic E-state index is -0.677. The van der Waals surface area contributed by atoms with Crippen LogP contribution in [0.15, 0.2) is 24.3 Å². The maximum Gasteiger partial charge on any atom is 0.138 e. The summed E-state index contributed by atoms with van der Waals surface area (Å²) in [6.07, 6.45) is 2.26. The summed E-state index contributed by atoms with van der Waals surface area (Å²) in [6, 6.07) is 10.0. The molecule has 0 aromatic heterocycles. The van der Waals surface area contributed by atoms with Crippen molar-refractivity contribution in [3.05, 3.63) is 29.8 Å². The lowest BCUT2D eigenvalue weighted by molar-refractivity contribution is 0.220. The van der Waals surface area contributed by atoms with Crippen molar-refractivity contribution in [1.82, 2.24) is 5.32 Å². The van der Waals surface area contributed by atoms with Crippen molar-refractivity contribution < 1.29 is 9.84 Å². The fourth-order valence-corrected chi connectivity index (χ4v) is 1.78. The molecule has 0 spiro atoms. The number of benzene rings is 1. The summed E-state index contributed by atoms with van der Waals surface area (Å²) >= 11 is 0. The summed E-state index contributed by atoms with van der Waals surface area (Å²) in [5.41, 5.74) is 0.0632. The molecule has 1 unspecified atom stereocenters. The number of para-hydroxylation sites is 1. The van der Waals surface area contributed by atoms with Gasteiger partial charge in [0.05, 0.1) is 12.7 Å². The number of nitriles is 1. The molecular formula is C14H18N2O2. The Kier molecular flexibility index (Phi) is 3.85. The van der Waals surface area contributed by atoms with Crippen molar-refractivity contribution in [1.29, 1.82) is 5.26 Å². The summed E-state index contributed by atoms with van der Waals surface area (Å²) in [5, 5.41) is 21.7. The molecule has 0 amide bonds. The molecule has 0 heterocycles. The molecule has 4 heteroatoms. The summed E-state index contributed by atoms with van der Waals surface area (Å²) in [5.74, 6) is 0.638. The summed E-state index contributed by atoms with van der Waals surface area (Å²) < 4.78 is 5.67. The normalized spacial score (nSPS) is 17.8. The van der Waals surface area contributed by atoms with Crippen molar-refractivity contribution in [3.8, 4) is 11.8 Å². The quantitative estimate of drug-likeness (QED) is 0.800. The van der Waals surface area contributed by atoms with Crippen molar-refractivity contribution >= 4 is 0 Å². The van der Waals surface area contributed by atoms with Crippen LogP contribution in [0.5, 0.6) is 5.75 Å². The second kappa shape index (κ2) is 5.38. The number of rotatable bonds is 6. The lowest BCUT2D eigenvalue weighted by Gasteiger charge is -2.24. The van der Waals surface area contributed by atoms with Crippen LogP contribution >= 0.6 is 0 Å². The fourth-order valence-electron chi connectivity index (χ4n) is 1.78. The molecule has 0 aliphatic heterocycles. The number of aliphatic hydroxyl groups excluding tert-OH is 1. The lowest BCUT2D eigenvalue weighted by atomic mass is 10.1. The van der Waals surface area contributed by atoms with Gasteiger partial charge in [-0.1, -0.05) is 18.2 Å². The molecule has 1 aromatic carbocycles. The molecule has 1 aliphatic carbocycles. The number of hydrogen-bond acceptors (Lipinski definition) is 4. The van der Waals surface area contributed by atoms with Crippen LogP contribution in [0.4, 0.5) is 0 Å². The average Bonchev–Trinajstić information content (AvgIpc) is 3.20. The number of ether oxygens (including phenoxy) is 1. The van der Waals surface area contributed by atoms with E-state index < -0.39 is 5.54 Å². The Morgan fingerprint density at radius 1 is 1.50 bits per heavy atom. The van der Waals surface area contributed by atoms with E-state index in [9.17, 15) is 10.4 Å². The Balaban J connectivity index is 1.98. The average molecular weight is 246 g/mol. The molecule has 4 nitrogen and oxygen atoms in total. The molecule has 96 valence electrons. The molecule has 2 rings (SSSR count). The van der Waals surface area contributed by atoms with E-state index in [-0.39, 0.29) is 13.2 Å². The zero-order valence-corrected chi connectivity index (χ0v) is 10.5. The second-order valence-electron chi connectivity index (χ2n) is 4.92. The minimum Gasteiger partial charge on any atom is -0.490 e. The van der Waals surface area contributed by atoms with E-state index in [0.717, 1.165) is 18.4 Å². The van der Waals surface area contributed by atoms with Crippen LogP contribution in [0.3, 0.4) is 0 Å². The first-order valence-corrected chi connectivity index (χ1v) is 6.17. The molecule has 0 saturated heterocycles. The first-order chi connectivity index (χ1) is 8.67. The topological polar surface area (TPSA) is 65.3 Å². The van der Waals surface area contributed by atoms with Crippen LogP contribution in [0.1, 0.15) is 25.3 Å². The van der Waals surface area contributed by atoms with Gasteiger partial charge >= 0.3 is 0 Å². The zero-order valence-electron chi connectivity index (χ0n) is 10.5. The molecular weight excluding hydrogens is 228 g/mol. The summed E-state index contributed by atoms with van der Waals surface area (Å²) in [4.78, 5) is 0. The van der Waals surface area contributed by atoms with Gasteiger partial charge in [0.15, 0.2) is 0 Å². The van der Waals surface area contributed by atoms with Gasteiger partial charge in [0.2, 0.25) is 0 Å². The molecule has 1 saturated carbocycles. The third kappa shape index (κ3) is 3.22. The number of aliphatic hydroxyl groups is 1. The van der Waals surface area contributed by atoms with E-state index in [1.54, 1.807) is 6.07 Å². The van der Waals surface area contributed by atoms with Gasteiger partial charge in [-0.15, -0.1) is 0 Å². The first-order valence-electron chi connectivity index (χ1n) is 6.17. The molecule has 18 heavy (non-hydrogen) atoms. The van der Waals surface area contributed by atoms with Gasteiger partial charge in [-0.2, -0.15) is 5.26 Å². The van der Waals surface area contributed by atoms with Gasteiger partial charge < -0.3 is 9.84 Å². The van der Waals surface area contributed by atoms with Crippen molar-refractivity contribution in [3.63, 3.8) is 0 Å². The predicted molar refractivity (Wildman–Crippen MR) is 68.0 cm³/mol. The van der Waals surface area contributed by atoms with Crippen LogP contribution in [-0.2, 0) is 6.61 Å². The molecule has 1 atom stereocenters. The van der Waals surface area contributed by atoms with Crippen molar-refractivity contribution in [2.45, 2.75) is 38.0 Å². The highest BCUT2D eigenvalue weighted by Gasteiger charge is 2.33. The van der Waals surface area contributed by atoms with E-state index in [1.807, 2.05) is 25.1 Å². The minimum absolute atomic E-state index is 0.0600. The smallest absolute Gasteiger partial charge is 0.138 e. The molecule has 0 bridgehead atoms. The third-order valence-corrected chi connectivity index (χ3v) is 3.01. The maximum atomic E-state index is 9.22. The standard InChI is InChI=1S/C14H18N2O2/c1-14(9-15,16-12-6-7-12)10-18-13-5-3-2-4-11(13)8-17/h2-5,12,16-17H,6-8,10H2,1H3. The number of nitrogens with one attached hydrogen (secondary N) is 1. The van der Waals surface area contributed by atoms with Gasteiger partial charge in [0.1, 0.15) is 17.9 Å². The molecule has 1 aromatic rings. The Morgan fingerprint density at radius 2 is 2.22 bits per heavy atom. The molecule has 1 aliphatic rings. The van der Waals surface area contributed by atoms with Crippen LogP contribution in [0.2, 0.25) is 0 Å². The highest BCUT2D eigenvalue weighted by atomic mass is 16.5. The zero-order chi connectivity index (χ0) is 13.0. The SMILES string of the molecule is CC(C#N)(COc1ccccc1CO)NC1CC1. The maximum absolute atomic E-state index is 9.22. The van der Waals surface area contributed by atoms with Gasteiger partial charge in [0, 0.05) is 11.6 Å². The van der Waals surface area contributed by atoms with E-state index >= 15 is 0 Å². The summed E-state index contributed by atoms with van der Waals surface area (Å²) in [7, 11) is 0. The van der Waals surface area contributed by atoms with Gasteiger partial charge in [0.25, 0.3) is 0 Å². The van der Waals surface area contributed by atoms with E-state index in [2.05, 4.69) is 11.4 Å². The highest BCUT2D eigenvalue weighted by molar-refractivity contribution is 5.32. The molecule has 0 radical (unpaired) electrons. The fraction of sp³-hybridized carbons (Fsp3) is 0.500. The molecule has 1 fully saturated rings. The largest absolute Gasteiger partial charge is 0.490 e. The predicted octanol–water partition coefficient (Wildman–Crippen LogP) is 1.59. The Bertz CT molecular complexity index is 451. The van der Waals surface area contributed by atoms with Crippen LogP contribution in [0.25, 0.3) is 0 Å². The van der Waals surface area contributed by atoms with E-state index in [4.69, 9.17) is 4.74 Å². The van der Waals surface area contributed by atoms with E-state index in [1.165, 1.54) is 0 Å². The van der Waals surface area contributed by atoms with Gasteiger partial charge in [-0.3, -0.25) is 5.32 Å². The van der Waals surface area contributed by atoms with Gasteiger partial charge in [-0.25, -0.2) is 0 Å². The third-order valence-electron chi connectivity index (χ3n) is 3.01. The number of nitrogens with zero attached hydrogens (tertiary/aromatic N) is 1. The van der Waals surface area contributed by atoms with E-state index in [0.29, 0.717) is 11.8 Å². The number of hydrogen-bond donors (Lipinski definition) is 2. The monoisotopic (exact) mass is 246 g/mol. The Morgan fingerprint density at radius 3 is 2.83 bits per heavy atom. The lowest BCUT2D eigenvalue weighted by Crippen LogP contribution is -2.47. The first kappa shape index (κ1) is 12.9. The van der Waals surface area contributed by atoms with Crippen LogP contribution in [-0.4, -0.2) is 23.3 Å². The van der Waals surface area contributed by atoms with Crippen molar-refractivity contribution in [2.24, 2.45) is 0 Å². The van der Waals surface area contributed by atoms with Gasteiger partial charge in [-0.05, 0) is 25.8 Å². The Hall–Kier alpha value is -1.57. The highest BCUT2D eigenvalue weighted by Crippen LogP contribution is 2.24. The summed E-state index contributed by atoms with van der Waals surface area (Å²) in [6.45, 7) is 2.05. The van der Waals surface area contributed by atoms with Crippen LogP contribution < -0.4 is 10.1 Å².